The van der Waals surface area contributed by atoms with Crippen molar-refractivity contribution in [3.63, 3.8) is 0 Å². The Balaban J connectivity index is 1.70. The van der Waals surface area contributed by atoms with E-state index in [0.717, 1.165) is 16.8 Å². The van der Waals surface area contributed by atoms with Crippen LogP contribution < -0.4 is 24.8 Å². The maximum absolute atomic E-state index is 12.7. The zero-order valence-electron chi connectivity index (χ0n) is 18.0. The molecule has 1 aromatic heterocycles. The molecule has 32 heavy (non-hydrogen) atoms. The number of anilines is 3. The van der Waals surface area contributed by atoms with Crippen LogP contribution in [0.3, 0.4) is 0 Å². The molecular weight excluding hydrogens is 450 g/mol. The van der Waals surface area contributed by atoms with Gasteiger partial charge >= 0.3 is 6.01 Å². The molecule has 168 valence electrons. The Morgan fingerprint density at radius 3 is 2.34 bits per heavy atom. The normalized spacial score (nSPS) is 10.9. The lowest BCUT2D eigenvalue weighted by Gasteiger charge is -2.14. The van der Waals surface area contributed by atoms with Crippen LogP contribution in [0.4, 0.5) is 17.2 Å². The second-order valence-electron chi connectivity index (χ2n) is 6.74. The van der Waals surface area contributed by atoms with E-state index in [-0.39, 0.29) is 22.6 Å². The summed E-state index contributed by atoms with van der Waals surface area (Å²) in [5, 5.41) is 6.59. The molecule has 0 bridgehead atoms. The number of aromatic nitrogens is 2. The third-order valence-electron chi connectivity index (χ3n) is 4.59. The van der Waals surface area contributed by atoms with E-state index >= 15 is 0 Å². The van der Waals surface area contributed by atoms with E-state index in [0.29, 0.717) is 10.8 Å². The van der Waals surface area contributed by atoms with Crippen molar-refractivity contribution in [3.8, 4) is 11.9 Å². The van der Waals surface area contributed by atoms with Gasteiger partial charge in [0, 0.05) is 17.4 Å². The maximum Gasteiger partial charge on any atom is 0.321 e. The van der Waals surface area contributed by atoms with Crippen molar-refractivity contribution >= 4 is 44.5 Å². The third-order valence-corrected chi connectivity index (χ3v) is 6.16. The molecule has 0 radical (unpaired) electrons. The van der Waals surface area contributed by atoms with Gasteiger partial charge in [-0.2, -0.15) is 9.97 Å². The molecule has 1 heterocycles. The highest BCUT2D eigenvalue weighted by atomic mass is 32.2. The van der Waals surface area contributed by atoms with Gasteiger partial charge in [0.2, 0.25) is 5.88 Å². The number of thiocarbonyl (C=S) groups is 1. The van der Waals surface area contributed by atoms with Crippen LogP contribution in [0.2, 0.25) is 0 Å². The van der Waals surface area contributed by atoms with E-state index in [4.69, 9.17) is 21.7 Å². The number of ether oxygens (including phenoxy) is 2. The largest absolute Gasteiger partial charge is 0.481 e. The molecule has 0 aliphatic rings. The highest BCUT2D eigenvalue weighted by molar-refractivity contribution is 7.92. The summed E-state index contributed by atoms with van der Waals surface area (Å²) in [5.41, 5.74) is 3.79. The molecule has 3 aromatic rings. The van der Waals surface area contributed by atoms with E-state index in [9.17, 15) is 8.42 Å². The Hall–Kier alpha value is -3.44. The first-order valence-electron chi connectivity index (χ1n) is 9.46. The van der Waals surface area contributed by atoms with Crippen LogP contribution in [0.5, 0.6) is 11.9 Å². The number of hydrogen-bond acceptors (Lipinski definition) is 7. The minimum atomic E-state index is -3.90. The highest BCUT2D eigenvalue weighted by Gasteiger charge is 2.17. The Bertz CT molecular complexity index is 1210. The lowest BCUT2D eigenvalue weighted by Crippen LogP contribution is -2.20. The van der Waals surface area contributed by atoms with Crippen molar-refractivity contribution < 1.29 is 17.9 Å². The molecule has 0 amide bonds. The smallest absolute Gasteiger partial charge is 0.321 e. The van der Waals surface area contributed by atoms with E-state index in [1.54, 1.807) is 12.1 Å². The molecule has 0 unspecified atom stereocenters. The Labute approximate surface area is 192 Å². The summed E-state index contributed by atoms with van der Waals surface area (Å²) in [6.07, 6.45) is 0. The van der Waals surface area contributed by atoms with Crippen LogP contribution in [0.25, 0.3) is 0 Å². The van der Waals surface area contributed by atoms with Gasteiger partial charge in [-0.25, -0.2) is 8.42 Å². The fourth-order valence-corrected chi connectivity index (χ4v) is 3.96. The molecule has 3 rings (SSSR count). The average molecular weight is 474 g/mol. The molecule has 0 saturated heterocycles. The van der Waals surface area contributed by atoms with Crippen LogP contribution in [-0.2, 0) is 10.0 Å². The minimum Gasteiger partial charge on any atom is -0.481 e. The lowest BCUT2D eigenvalue weighted by molar-refractivity contribution is 0.353. The summed E-state index contributed by atoms with van der Waals surface area (Å²) in [6, 6.07) is 13.4. The van der Waals surface area contributed by atoms with Crippen molar-refractivity contribution in [1.29, 1.82) is 0 Å². The van der Waals surface area contributed by atoms with Crippen LogP contribution in [0.1, 0.15) is 11.1 Å². The highest BCUT2D eigenvalue weighted by Crippen LogP contribution is 2.22. The van der Waals surface area contributed by atoms with Gasteiger partial charge in [-0.1, -0.05) is 12.1 Å². The van der Waals surface area contributed by atoms with Gasteiger partial charge in [0.25, 0.3) is 10.0 Å². The fraction of sp³-hybridized carbons (Fsp3) is 0.190. The van der Waals surface area contributed by atoms with Crippen LogP contribution in [-0.4, -0.2) is 37.7 Å². The minimum absolute atomic E-state index is 0.0218. The Morgan fingerprint density at radius 2 is 1.69 bits per heavy atom. The van der Waals surface area contributed by atoms with Gasteiger partial charge in [-0.15, -0.1) is 0 Å². The summed E-state index contributed by atoms with van der Waals surface area (Å²) in [7, 11) is -1.11. The number of hydrogen-bond donors (Lipinski definition) is 3. The molecule has 0 atom stereocenters. The standard InChI is InChI=1S/C21H23N5O4S2/c1-13-6-5-7-17(14(13)2)23-21(31)22-15-8-10-16(11-9-15)32(27,28)26-18-12-19(29-3)25-20(24-18)30-4/h5-12H,1-4H3,(H2,22,23,31)(H,24,25,26). The zero-order valence-corrected chi connectivity index (χ0v) is 19.6. The summed E-state index contributed by atoms with van der Waals surface area (Å²) < 4.78 is 37.9. The second-order valence-corrected chi connectivity index (χ2v) is 8.83. The molecule has 9 nitrogen and oxygen atoms in total. The second kappa shape index (κ2) is 9.79. The first-order chi connectivity index (χ1) is 15.2. The molecule has 2 aromatic carbocycles. The number of nitrogens with zero attached hydrogens (tertiary/aromatic N) is 2. The fourth-order valence-electron chi connectivity index (χ4n) is 2.74. The number of methoxy groups -OCH3 is 2. The molecule has 11 heteroatoms. The van der Waals surface area contributed by atoms with Crippen molar-refractivity contribution in [2.24, 2.45) is 0 Å². The molecule has 0 spiro atoms. The molecule has 0 aliphatic heterocycles. The predicted octanol–water partition coefficient (Wildman–Crippen LogP) is 3.72. The number of nitrogens with one attached hydrogen (secondary N) is 3. The zero-order chi connectivity index (χ0) is 23.3. The van der Waals surface area contributed by atoms with Crippen molar-refractivity contribution in [1.82, 2.24) is 9.97 Å². The lowest BCUT2D eigenvalue weighted by atomic mass is 10.1. The van der Waals surface area contributed by atoms with Gasteiger partial charge in [0.1, 0.15) is 0 Å². The maximum atomic E-state index is 12.7. The van der Waals surface area contributed by atoms with Gasteiger partial charge in [-0.3, -0.25) is 4.72 Å². The first-order valence-corrected chi connectivity index (χ1v) is 11.3. The Kier molecular flexibility index (Phi) is 7.11. The first kappa shape index (κ1) is 23.2. The van der Waals surface area contributed by atoms with Gasteiger partial charge in [-0.05, 0) is 67.5 Å². The summed E-state index contributed by atoms with van der Waals surface area (Å²) in [6.45, 7) is 4.04. The quantitative estimate of drug-likeness (QED) is 0.442. The summed E-state index contributed by atoms with van der Waals surface area (Å²) in [5.74, 6) is 0.189. The van der Waals surface area contributed by atoms with E-state index in [1.165, 1.54) is 32.4 Å². The number of benzene rings is 2. The van der Waals surface area contributed by atoms with Gasteiger partial charge in [0.05, 0.1) is 19.1 Å². The summed E-state index contributed by atoms with van der Waals surface area (Å²) >= 11 is 5.37. The van der Waals surface area contributed by atoms with Crippen molar-refractivity contribution in [2.75, 3.05) is 29.6 Å². The molecule has 0 saturated carbocycles. The number of aryl methyl sites for hydroxylation is 1. The monoisotopic (exact) mass is 473 g/mol. The van der Waals surface area contributed by atoms with E-state index in [2.05, 4.69) is 25.3 Å². The van der Waals surface area contributed by atoms with Crippen LogP contribution >= 0.6 is 12.2 Å². The molecule has 0 aliphatic carbocycles. The van der Waals surface area contributed by atoms with Gasteiger partial charge in [0.15, 0.2) is 10.9 Å². The number of sulfonamides is 1. The molecular formula is C21H23N5O4S2. The third kappa shape index (κ3) is 5.62. The molecule has 3 N–H and O–H groups in total. The van der Waals surface area contributed by atoms with E-state index in [1.807, 2.05) is 32.0 Å². The van der Waals surface area contributed by atoms with Crippen molar-refractivity contribution in [3.05, 3.63) is 59.7 Å². The topological polar surface area (TPSA) is 114 Å². The van der Waals surface area contributed by atoms with E-state index < -0.39 is 10.0 Å². The average Bonchev–Trinajstić information content (AvgIpc) is 2.76. The molecule has 0 fully saturated rings. The SMILES string of the molecule is COc1cc(NS(=O)(=O)c2ccc(NC(=S)Nc3cccc(C)c3C)cc2)nc(OC)n1. The van der Waals surface area contributed by atoms with Crippen LogP contribution in [0.15, 0.2) is 53.4 Å². The van der Waals surface area contributed by atoms with Crippen molar-refractivity contribution in [2.45, 2.75) is 18.7 Å². The summed E-state index contributed by atoms with van der Waals surface area (Å²) in [4.78, 5) is 7.96. The number of rotatable bonds is 7. The Morgan fingerprint density at radius 1 is 0.969 bits per heavy atom. The predicted molar refractivity (Wildman–Crippen MR) is 128 cm³/mol. The van der Waals surface area contributed by atoms with Crippen LogP contribution in [0, 0.1) is 13.8 Å². The van der Waals surface area contributed by atoms with Gasteiger partial charge < -0.3 is 20.1 Å².